The van der Waals surface area contributed by atoms with Crippen molar-refractivity contribution >= 4 is 11.9 Å². The molecule has 0 saturated carbocycles. The topological polar surface area (TPSA) is 85.3 Å². The van der Waals surface area contributed by atoms with Crippen LogP contribution in [0.3, 0.4) is 0 Å². The molecule has 0 bridgehead atoms. The van der Waals surface area contributed by atoms with Crippen molar-refractivity contribution in [1.82, 2.24) is 4.90 Å². The number of nitrogens with zero attached hydrogens (tertiary/aromatic N) is 1. The SMILES string of the molecule is CCOC(=O)C12CN(C(=O)c3ccccc3)CCC1(O)OOC(CC)(CC)C2. The van der Waals surface area contributed by atoms with Crippen molar-refractivity contribution in [2.75, 3.05) is 19.7 Å². The number of hydrogen-bond acceptors (Lipinski definition) is 6. The van der Waals surface area contributed by atoms with E-state index in [0.717, 1.165) is 0 Å². The van der Waals surface area contributed by atoms with Crippen LogP contribution < -0.4 is 0 Å². The van der Waals surface area contributed by atoms with Gasteiger partial charge in [-0.1, -0.05) is 32.0 Å². The Labute approximate surface area is 165 Å². The number of aliphatic hydroxyl groups is 1. The van der Waals surface area contributed by atoms with E-state index in [0.29, 0.717) is 18.4 Å². The number of piperidine rings is 1. The second-order valence-corrected chi connectivity index (χ2v) is 7.66. The van der Waals surface area contributed by atoms with Crippen LogP contribution in [0.15, 0.2) is 30.3 Å². The van der Waals surface area contributed by atoms with Gasteiger partial charge in [-0.3, -0.25) is 9.59 Å². The number of hydrogen-bond donors (Lipinski definition) is 1. The smallest absolute Gasteiger partial charge is 0.319 e. The summed E-state index contributed by atoms with van der Waals surface area (Å²) in [6, 6.07) is 8.91. The summed E-state index contributed by atoms with van der Waals surface area (Å²) in [5, 5.41) is 11.2. The first-order valence-corrected chi connectivity index (χ1v) is 9.96. The highest BCUT2D eigenvalue weighted by Gasteiger charge is 2.68. The fourth-order valence-electron chi connectivity index (χ4n) is 4.23. The molecular formula is C21H29NO6. The van der Waals surface area contributed by atoms with Crippen LogP contribution in [0.1, 0.15) is 56.8 Å². The normalized spacial score (nSPS) is 29.1. The van der Waals surface area contributed by atoms with Gasteiger partial charge in [0.1, 0.15) is 11.0 Å². The number of carbonyl (C=O) groups is 2. The van der Waals surface area contributed by atoms with Gasteiger partial charge < -0.3 is 14.7 Å². The Morgan fingerprint density at radius 1 is 1.14 bits per heavy atom. The highest BCUT2D eigenvalue weighted by molar-refractivity contribution is 5.95. The van der Waals surface area contributed by atoms with Crippen molar-refractivity contribution in [3.63, 3.8) is 0 Å². The molecule has 0 aromatic heterocycles. The molecule has 0 spiro atoms. The summed E-state index contributed by atoms with van der Waals surface area (Å²) in [6.07, 6.45) is 1.50. The van der Waals surface area contributed by atoms with Gasteiger partial charge in [-0.25, -0.2) is 4.89 Å². The number of rotatable bonds is 5. The maximum Gasteiger partial charge on any atom is 0.319 e. The molecule has 2 heterocycles. The van der Waals surface area contributed by atoms with Crippen molar-refractivity contribution in [3.8, 4) is 0 Å². The van der Waals surface area contributed by atoms with E-state index in [2.05, 4.69) is 0 Å². The Balaban J connectivity index is 1.99. The number of carbonyl (C=O) groups excluding carboxylic acids is 2. The molecule has 2 fully saturated rings. The van der Waals surface area contributed by atoms with Crippen LogP contribution in [-0.4, -0.2) is 53.0 Å². The van der Waals surface area contributed by atoms with Gasteiger partial charge in [-0.05, 0) is 31.9 Å². The molecule has 0 aliphatic carbocycles. The van der Waals surface area contributed by atoms with Crippen LogP contribution in [0.25, 0.3) is 0 Å². The highest BCUT2D eigenvalue weighted by Crippen LogP contribution is 2.53. The summed E-state index contributed by atoms with van der Waals surface area (Å²) in [7, 11) is 0. The number of esters is 1. The molecule has 1 aromatic rings. The minimum atomic E-state index is -1.83. The minimum absolute atomic E-state index is 0.0151. The predicted molar refractivity (Wildman–Crippen MR) is 101 cm³/mol. The molecule has 1 N–H and O–H groups in total. The molecule has 3 rings (SSSR count). The third-order valence-corrected chi connectivity index (χ3v) is 6.17. The van der Waals surface area contributed by atoms with Gasteiger partial charge in [0.25, 0.3) is 5.91 Å². The molecular weight excluding hydrogens is 362 g/mol. The van der Waals surface area contributed by atoms with Crippen molar-refractivity contribution in [2.45, 2.75) is 57.8 Å². The molecule has 2 aliphatic heterocycles. The number of ether oxygens (including phenoxy) is 1. The first-order chi connectivity index (χ1) is 13.4. The van der Waals surface area contributed by atoms with E-state index in [1.54, 1.807) is 36.1 Å². The van der Waals surface area contributed by atoms with Gasteiger partial charge in [0, 0.05) is 31.5 Å². The van der Waals surface area contributed by atoms with Gasteiger partial charge >= 0.3 is 5.97 Å². The minimum Gasteiger partial charge on any atom is -0.465 e. The van der Waals surface area contributed by atoms with Crippen molar-refractivity contribution in [3.05, 3.63) is 35.9 Å². The Kier molecular flexibility index (Phi) is 5.79. The molecule has 1 amide bonds. The van der Waals surface area contributed by atoms with Crippen molar-refractivity contribution in [2.24, 2.45) is 5.41 Å². The first-order valence-electron chi connectivity index (χ1n) is 9.96. The van der Waals surface area contributed by atoms with Gasteiger partial charge in [-0.2, -0.15) is 4.89 Å². The zero-order valence-electron chi connectivity index (χ0n) is 16.8. The average molecular weight is 391 g/mol. The first kappa shape index (κ1) is 20.8. The zero-order valence-corrected chi connectivity index (χ0v) is 16.8. The standard InChI is InChI=1S/C21H29NO6/c1-4-19(5-2)14-20(18(24)26-6-3)15-22(13-12-21(20,25)28-27-19)17(23)16-10-8-7-9-11-16/h7-11,25H,4-6,12-15H2,1-3H3. The van der Waals surface area contributed by atoms with E-state index in [4.69, 9.17) is 14.5 Å². The lowest BCUT2D eigenvalue weighted by molar-refractivity contribution is -0.519. The predicted octanol–water partition coefficient (Wildman–Crippen LogP) is 2.68. The zero-order chi connectivity index (χ0) is 20.4. The van der Waals surface area contributed by atoms with Crippen molar-refractivity contribution < 1.29 is 29.2 Å². The quantitative estimate of drug-likeness (QED) is 0.614. The Morgan fingerprint density at radius 2 is 1.82 bits per heavy atom. The third kappa shape index (κ3) is 3.32. The lowest BCUT2D eigenvalue weighted by atomic mass is 9.65. The van der Waals surface area contributed by atoms with E-state index in [9.17, 15) is 14.7 Å². The molecule has 1 aromatic carbocycles. The van der Waals surface area contributed by atoms with Gasteiger partial charge in [0.05, 0.1) is 6.61 Å². The summed E-state index contributed by atoms with van der Waals surface area (Å²) >= 11 is 0. The van der Waals surface area contributed by atoms with Crippen LogP contribution in [0.5, 0.6) is 0 Å². The molecule has 2 unspecified atom stereocenters. The second kappa shape index (κ2) is 7.81. The molecule has 0 radical (unpaired) electrons. The lowest BCUT2D eigenvalue weighted by Crippen LogP contribution is -2.70. The van der Waals surface area contributed by atoms with Crippen LogP contribution in [0.4, 0.5) is 0 Å². The monoisotopic (exact) mass is 391 g/mol. The average Bonchev–Trinajstić information content (AvgIpc) is 2.73. The summed E-state index contributed by atoms with van der Waals surface area (Å²) in [6.45, 7) is 6.06. The summed E-state index contributed by atoms with van der Waals surface area (Å²) in [4.78, 5) is 38.8. The molecule has 28 heavy (non-hydrogen) atoms. The number of likely N-dealkylation sites (tertiary alicyclic amines) is 1. The Hall–Kier alpha value is -1.96. The van der Waals surface area contributed by atoms with Gasteiger partial charge in [-0.15, -0.1) is 0 Å². The fraction of sp³-hybridized carbons (Fsp3) is 0.619. The molecule has 7 heteroatoms. The molecule has 7 nitrogen and oxygen atoms in total. The summed E-state index contributed by atoms with van der Waals surface area (Å²) in [5.41, 5.74) is -1.59. The molecule has 2 atom stereocenters. The van der Waals surface area contributed by atoms with E-state index >= 15 is 0 Å². The number of amides is 1. The summed E-state index contributed by atoms with van der Waals surface area (Å²) < 4.78 is 5.35. The largest absolute Gasteiger partial charge is 0.465 e. The Bertz CT molecular complexity index is 719. The summed E-state index contributed by atoms with van der Waals surface area (Å²) in [5.74, 6) is -2.57. The number of fused-ring (bicyclic) bond motifs is 1. The van der Waals surface area contributed by atoms with Gasteiger partial charge in [0.15, 0.2) is 0 Å². The Morgan fingerprint density at radius 3 is 2.43 bits per heavy atom. The molecule has 154 valence electrons. The van der Waals surface area contributed by atoms with Crippen LogP contribution in [0.2, 0.25) is 0 Å². The van der Waals surface area contributed by atoms with Crippen LogP contribution in [0, 0.1) is 5.41 Å². The lowest BCUT2D eigenvalue weighted by Gasteiger charge is -2.56. The van der Waals surface area contributed by atoms with E-state index in [1.165, 1.54) is 0 Å². The van der Waals surface area contributed by atoms with E-state index in [-0.39, 0.29) is 38.4 Å². The third-order valence-electron chi connectivity index (χ3n) is 6.17. The molecule has 2 saturated heterocycles. The van der Waals surface area contributed by atoms with Crippen LogP contribution in [-0.2, 0) is 19.3 Å². The highest BCUT2D eigenvalue weighted by atomic mass is 17.2. The van der Waals surface area contributed by atoms with Crippen molar-refractivity contribution in [1.29, 1.82) is 0 Å². The van der Waals surface area contributed by atoms with E-state index < -0.39 is 22.8 Å². The molecule has 2 aliphatic rings. The van der Waals surface area contributed by atoms with Gasteiger partial charge in [0.2, 0.25) is 5.79 Å². The van der Waals surface area contributed by atoms with E-state index in [1.807, 2.05) is 19.9 Å². The maximum absolute atomic E-state index is 13.1. The number of benzene rings is 1. The fourth-order valence-corrected chi connectivity index (χ4v) is 4.23. The van der Waals surface area contributed by atoms with Crippen LogP contribution >= 0.6 is 0 Å². The second-order valence-electron chi connectivity index (χ2n) is 7.66. The maximum atomic E-state index is 13.1.